The lowest BCUT2D eigenvalue weighted by Crippen LogP contribution is -2.40. The summed E-state index contributed by atoms with van der Waals surface area (Å²) in [5.74, 6) is 0.0292. The lowest BCUT2D eigenvalue weighted by molar-refractivity contribution is -0.385. The molecule has 3 rings (SSSR count). The second-order valence-corrected chi connectivity index (χ2v) is 11.5. The highest BCUT2D eigenvalue weighted by Gasteiger charge is 2.30. The summed E-state index contributed by atoms with van der Waals surface area (Å²) in [5, 5.41) is 18.7. The van der Waals surface area contributed by atoms with Crippen LogP contribution >= 0.6 is 0 Å². The van der Waals surface area contributed by atoms with E-state index in [0.29, 0.717) is 17.0 Å². The molecule has 0 unspecified atom stereocenters. The van der Waals surface area contributed by atoms with Crippen molar-refractivity contribution in [3.63, 3.8) is 0 Å². The molecule has 38 heavy (non-hydrogen) atoms. The number of aromatic nitrogens is 2. The third kappa shape index (κ3) is 6.47. The number of nitrogens with one attached hydrogen (secondary N) is 2. The SMILES string of the molecule is COc1ccc(-n2nc(C(=O)NC(C)C)c(C)c2Oc2ccc([N+](=O)[O-])cc2S(=O)(=O)NC(C)(C)C)cc1. The summed E-state index contributed by atoms with van der Waals surface area (Å²) in [4.78, 5) is 23.2. The number of nitro benzene ring substituents is 1. The Morgan fingerprint density at radius 1 is 1.13 bits per heavy atom. The van der Waals surface area contributed by atoms with E-state index >= 15 is 0 Å². The number of benzene rings is 2. The van der Waals surface area contributed by atoms with E-state index in [2.05, 4.69) is 15.1 Å². The minimum atomic E-state index is -4.25. The van der Waals surface area contributed by atoms with Crippen LogP contribution in [0, 0.1) is 17.0 Å². The molecule has 0 aliphatic carbocycles. The summed E-state index contributed by atoms with van der Waals surface area (Å²) in [6.45, 7) is 10.2. The number of methoxy groups -OCH3 is 1. The maximum Gasteiger partial charge on any atom is 0.272 e. The summed E-state index contributed by atoms with van der Waals surface area (Å²) in [6.07, 6.45) is 0. The van der Waals surface area contributed by atoms with E-state index in [4.69, 9.17) is 9.47 Å². The van der Waals surface area contributed by atoms with Crippen molar-refractivity contribution in [1.29, 1.82) is 0 Å². The second kappa shape index (κ2) is 10.8. The molecule has 0 fully saturated rings. The van der Waals surface area contributed by atoms with Crippen molar-refractivity contribution in [3.8, 4) is 23.1 Å². The molecular weight excluding hydrogens is 514 g/mol. The van der Waals surface area contributed by atoms with Gasteiger partial charge < -0.3 is 14.8 Å². The molecule has 0 saturated heterocycles. The third-order valence-electron chi connectivity index (χ3n) is 5.10. The van der Waals surface area contributed by atoms with Crippen molar-refractivity contribution in [2.24, 2.45) is 0 Å². The highest BCUT2D eigenvalue weighted by Crippen LogP contribution is 2.36. The fourth-order valence-corrected chi connectivity index (χ4v) is 5.08. The van der Waals surface area contributed by atoms with Crippen molar-refractivity contribution in [3.05, 3.63) is 63.8 Å². The highest BCUT2D eigenvalue weighted by atomic mass is 32.2. The van der Waals surface area contributed by atoms with Gasteiger partial charge in [0.15, 0.2) is 5.69 Å². The third-order valence-corrected chi connectivity index (χ3v) is 6.87. The minimum Gasteiger partial charge on any atom is -0.497 e. The molecule has 1 aromatic heterocycles. The van der Waals surface area contributed by atoms with Gasteiger partial charge in [0.25, 0.3) is 11.6 Å². The molecule has 204 valence electrons. The Morgan fingerprint density at radius 3 is 2.29 bits per heavy atom. The van der Waals surface area contributed by atoms with Crippen LogP contribution in [0.4, 0.5) is 5.69 Å². The molecule has 2 aromatic carbocycles. The normalized spacial score (nSPS) is 11.9. The summed E-state index contributed by atoms with van der Waals surface area (Å²) in [5.41, 5.74) is -0.382. The predicted molar refractivity (Wildman–Crippen MR) is 141 cm³/mol. The molecule has 0 aliphatic rings. The number of hydrogen-bond donors (Lipinski definition) is 2. The van der Waals surface area contributed by atoms with Crippen molar-refractivity contribution in [2.45, 2.75) is 58.0 Å². The van der Waals surface area contributed by atoms with E-state index in [9.17, 15) is 23.3 Å². The van der Waals surface area contributed by atoms with E-state index in [-0.39, 0.29) is 23.4 Å². The number of carbonyl (C=O) groups is 1. The second-order valence-electron chi connectivity index (χ2n) is 9.86. The van der Waals surface area contributed by atoms with Gasteiger partial charge in [0, 0.05) is 29.3 Å². The van der Waals surface area contributed by atoms with Gasteiger partial charge in [0.1, 0.15) is 16.4 Å². The van der Waals surface area contributed by atoms with E-state index in [1.807, 2.05) is 0 Å². The first kappa shape index (κ1) is 28.6. The average molecular weight is 546 g/mol. The number of carbonyl (C=O) groups excluding carboxylic acids is 1. The summed E-state index contributed by atoms with van der Waals surface area (Å²) in [6, 6.07) is 9.88. The van der Waals surface area contributed by atoms with Gasteiger partial charge in [-0.05, 0) is 71.9 Å². The van der Waals surface area contributed by atoms with Gasteiger partial charge >= 0.3 is 0 Å². The molecule has 13 heteroatoms. The molecule has 12 nitrogen and oxygen atoms in total. The van der Waals surface area contributed by atoms with Crippen LogP contribution in [0.2, 0.25) is 0 Å². The summed E-state index contributed by atoms with van der Waals surface area (Å²) < 4.78 is 41.7. The van der Waals surface area contributed by atoms with E-state index in [1.54, 1.807) is 65.8 Å². The van der Waals surface area contributed by atoms with Crippen molar-refractivity contribution < 1.29 is 27.6 Å². The van der Waals surface area contributed by atoms with Crippen LogP contribution in [0.5, 0.6) is 17.4 Å². The number of nitrogens with zero attached hydrogens (tertiary/aromatic N) is 3. The Labute approximate surface area is 221 Å². The van der Waals surface area contributed by atoms with Gasteiger partial charge in [0.2, 0.25) is 15.9 Å². The molecule has 0 radical (unpaired) electrons. The van der Waals surface area contributed by atoms with E-state index in [1.165, 1.54) is 17.9 Å². The molecule has 1 heterocycles. The number of amides is 1. The monoisotopic (exact) mass is 545 g/mol. The summed E-state index contributed by atoms with van der Waals surface area (Å²) >= 11 is 0. The minimum absolute atomic E-state index is 0.0603. The number of rotatable bonds is 9. The molecular formula is C25H31N5O7S. The predicted octanol–water partition coefficient (Wildman–Crippen LogP) is 4.10. The fourth-order valence-electron chi connectivity index (χ4n) is 3.51. The van der Waals surface area contributed by atoms with Crippen LogP contribution < -0.4 is 19.5 Å². The fraction of sp³-hybridized carbons (Fsp3) is 0.360. The lowest BCUT2D eigenvalue weighted by Gasteiger charge is -2.21. The van der Waals surface area contributed by atoms with Gasteiger partial charge in [-0.3, -0.25) is 14.9 Å². The number of nitro groups is 1. The van der Waals surface area contributed by atoms with Crippen LogP contribution in [0.1, 0.15) is 50.7 Å². The zero-order valence-corrected chi connectivity index (χ0v) is 23.0. The van der Waals surface area contributed by atoms with Gasteiger partial charge in [0.05, 0.1) is 17.7 Å². The molecule has 0 spiro atoms. The maximum atomic E-state index is 13.3. The number of ether oxygens (including phenoxy) is 2. The first-order chi connectivity index (χ1) is 17.6. The van der Waals surface area contributed by atoms with Crippen molar-refractivity contribution >= 4 is 21.6 Å². The summed E-state index contributed by atoms with van der Waals surface area (Å²) in [7, 11) is -2.73. The molecule has 0 bridgehead atoms. The highest BCUT2D eigenvalue weighted by molar-refractivity contribution is 7.89. The van der Waals surface area contributed by atoms with Crippen LogP contribution in [0.3, 0.4) is 0 Å². The van der Waals surface area contributed by atoms with Crippen LogP contribution in [0.25, 0.3) is 5.69 Å². The largest absolute Gasteiger partial charge is 0.497 e. The molecule has 0 aliphatic heterocycles. The van der Waals surface area contributed by atoms with Gasteiger partial charge in [-0.25, -0.2) is 13.1 Å². The molecule has 0 saturated carbocycles. The van der Waals surface area contributed by atoms with Gasteiger partial charge in [-0.15, -0.1) is 0 Å². The van der Waals surface area contributed by atoms with Gasteiger partial charge in [-0.1, -0.05) is 0 Å². The number of non-ortho nitro benzene ring substituents is 1. The Kier molecular flexibility index (Phi) is 8.12. The number of sulfonamides is 1. The number of hydrogen-bond acceptors (Lipinski definition) is 8. The van der Waals surface area contributed by atoms with Crippen LogP contribution in [-0.4, -0.2) is 47.7 Å². The van der Waals surface area contributed by atoms with Crippen LogP contribution in [0.15, 0.2) is 47.4 Å². The lowest BCUT2D eigenvalue weighted by atomic mass is 10.1. The quantitative estimate of drug-likeness (QED) is 0.301. The van der Waals surface area contributed by atoms with Crippen molar-refractivity contribution in [2.75, 3.05) is 7.11 Å². The molecule has 2 N–H and O–H groups in total. The first-order valence-corrected chi connectivity index (χ1v) is 13.2. The Bertz CT molecular complexity index is 1460. The standard InChI is InChI=1S/C25H31N5O7S/c1-15(2)26-23(31)22-16(3)24(29(27-22)17-8-11-19(36-7)12-9-17)37-20-13-10-18(30(32)33)14-21(20)38(34,35)28-25(4,5)6/h8-15,28H,1-7H3,(H,26,31). The van der Waals surface area contributed by atoms with Crippen molar-refractivity contribution in [1.82, 2.24) is 19.8 Å². The average Bonchev–Trinajstić information content (AvgIpc) is 3.13. The van der Waals surface area contributed by atoms with Crippen LogP contribution in [-0.2, 0) is 10.0 Å². The molecule has 3 aromatic rings. The van der Waals surface area contributed by atoms with Gasteiger partial charge in [-0.2, -0.15) is 9.78 Å². The maximum absolute atomic E-state index is 13.3. The molecule has 1 amide bonds. The Balaban J connectivity index is 2.22. The zero-order chi connectivity index (χ0) is 28.4. The smallest absolute Gasteiger partial charge is 0.272 e. The van der Waals surface area contributed by atoms with E-state index < -0.39 is 37.0 Å². The topological polar surface area (TPSA) is 155 Å². The molecule has 0 atom stereocenters. The Morgan fingerprint density at radius 2 is 1.76 bits per heavy atom. The zero-order valence-electron chi connectivity index (χ0n) is 22.2. The first-order valence-electron chi connectivity index (χ1n) is 11.7. The van der Waals surface area contributed by atoms with E-state index in [0.717, 1.165) is 12.1 Å². The Hall–Kier alpha value is -3.97.